The standard InChI is InChI=1S/C20H17Cl3N2O/c1-10(26)13-3-4-16(21)15(20(13)23)8-12-7-14-17(22)5-11(18-9-24-18)6-19(14)25(12)2/h3-7,18,24,26H,1,8-9H2,2H3. The predicted molar refractivity (Wildman–Crippen MR) is 110 cm³/mol. The lowest BCUT2D eigenvalue weighted by Gasteiger charge is -2.12. The second-order valence-corrected chi connectivity index (χ2v) is 7.79. The van der Waals surface area contributed by atoms with Crippen LogP contribution in [0.2, 0.25) is 15.1 Å². The molecule has 2 aromatic carbocycles. The van der Waals surface area contributed by atoms with E-state index in [0.717, 1.165) is 33.7 Å². The van der Waals surface area contributed by atoms with Gasteiger partial charge < -0.3 is 15.0 Å². The summed E-state index contributed by atoms with van der Waals surface area (Å²) in [6.45, 7) is 4.55. The van der Waals surface area contributed by atoms with Crippen molar-refractivity contribution in [2.75, 3.05) is 6.54 Å². The maximum absolute atomic E-state index is 9.73. The SMILES string of the molecule is C=C(O)c1ccc(Cl)c(Cc2cc3c(Cl)cc(C4CN4)cc3n2C)c1Cl. The Morgan fingerprint density at radius 2 is 1.96 bits per heavy atom. The number of aliphatic hydroxyl groups is 1. The van der Waals surface area contributed by atoms with Crippen molar-refractivity contribution < 1.29 is 5.11 Å². The first kappa shape index (κ1) is 17.7. The Kier molecular flexibility index (Phi) is 4.44. The summed E-state index contributed by atoms with van der Waals surface area (Å²) in [5.41, 5.74) is 4.56. The fourth-order valence-corrected chi connectivity index (χ4v) is 4.18. The lowest BCUT2D eigenvalue weighted by molar-refractivity contribution is 0.514. The molecule has 134 valence electrons. The van der Waals surface area contributed by atoms with Crippen molar-refractivity contribution >= 4 is 51.5 Å². The van der Waals surface area contributed by atoms with Crippen LogP contribution in [0.5, 0.6) is 0 Å². The number of nitrogens with zero attached hydrogens (tertiary/aromatic N) is 1. The summed E-state index contributed by atoms with van der Waals surface area (Å²) in [6.07, 6.45) is 0.525. The maximum Gasteiger partial charge on any atom is 0.117 e. The first-order valence-corrected chi connectivity index (χ1v) is 9.36. The van der Waals surface area contributed by atoms with Crippen molar-refractivity contribution in [2.24, 2.45) is 7.05 Å². The topological polar surface area (TPSA) is 47.1 Å². The van der Waals surface area contributed by atoms with Crippen LogP contribution in [0.4, 0.5) is 0 Å². The monoisotopic (exact) mass is 406 g/mol. The van der Waals surface area contributed by atoms with Gasteiger partial charge in [0.1, 0.15) is 5.76 Å². The summed E-state index contributed by atoms with van der Waals surface area (Å²) >= 11 is 19.4. The summed E-state index contributed by atoms with van der Waals surface area (Å²) in [4.78, 5) is 0. The Morgan fingerprint density at radius 1 is 1.23 bits per heavy atom. The average molecular weight is 408 g/mol. The van der Waals surface area contributed by atoms with Gasteiger partial charge in [-0.15, -0.1) is 0 Å². The Labute approximate surface area is 166 Å². The Hall–Kier alpha value is -1.65. The average Bonchev–Trinajstić information content (AvgIpc) is 3.38. The molecule has 2 heterocycles. The van der Waals surface area contributed by atoms with Crippen molar-refractivity contribution in [3.63, 3.8) is 0 Å². The number of rotatable bonds is 4. The van der Waals surface area contributed by atoms with Gasteiger partial charge in [0.15, 0.2) is 0 Å². The Morgan fingerprint density at radius 3 is 2.62 bits per heavy atom. The maximum atomic E-state index is 9.73. The minimum atomic E-state index is -0.0745. The van der Waals surface area contributed by atoms with E-state index in [0.29, 0.717) is 28.1 Å². The molecule has 3 aromatic rings. The van der Waals surface area contributed by atoms with E-state index in [9.17, 15) is 5.11 Å². The van der Waals surface area contributed by atoms with Crippen LogP contribution in [0.25, 0.3) is 16.7 Å². The van der Waals surface area contributed by atoms with E-state index in [1.165, 1.54) is 5.56 Å². The molecule has 26 heavy (non-hydrogen) atoms. The number of hydrogen-bond donors (Lipinski definition) is 2. The smallest absolute Gasteiger partial charge is 0.117 e. The summed E-state index contributed by atoms with van der Waals surface area (Å²) in [5.74, 6) is -0.0745. The first-order chi connectivity index (χ1) is 12.4. The molecule has 1 aromatic heterocycles. The fraction of sp³-hybridized carbons (Fsp3) is 0.200. The quantitative estimate of drug-likeness (QED) is 0.417. The molecule has 1 aliphatic rings. The van der Waals surface area contributed by atoms with Gasteiger partial charge >= 0.3 is 0 Å². The van der Waals surface area contributed by atoms with E-state index in [1.807, 2.05) is 13.1 Å². The number of hydrogen-bond acceptors (Lipinski definition) is 2. The van der Waals surface area contributed by atoms with Gasteiger partial charge in [-0.05, 0) is 41.5 Å². The summed E-state index contributed by atoms with van der Waals surface area (Å²) in [6, 6.07) is 10.1. The molecule has 1 unspecified atom stereocenters. The van der Waals surface area contributed by atoms with Crippen molar-refractivity contribution in [1.29, 1.82) is 0 Å². The molecule has 0 spiro atoms. The lowest BCUT2D eigenvalue weighted by atomic mass is 10.0. The first-order valence-electron chi connectivity index (χ1n) is 8.23. The van der Waals surface area contributed by atoms with E-state index in [1.54, 1.807) is 12.1 Å². The van der Waals surface area contributed by atoms with E-state index < -0.39 is 0 Å². The van der Waals surface area contributed by atoms with E-state index in [-0.39, 0.29) is 5.76 Å². The number of benzene rings is 2. The van der Waals surface area contributed by atoms with Crippen LogP contribution in [-0.2, 0) is 13.5 Å². The molecule has 3 nitrogen and oxygen atoms in total. The van der Waals surface area contributed by atoms with E-state index >= 15 is 0 Å². The van der Waals surface area contributed by atoms with Crippen molar-refractivity contribution in [2.45, 2.75) is 12.5 Å². The number of halogens is 3. The number of aliphatic hydroxyl groups excluding tert-OH is 1. The van der Waals surface area contributed by atoms with Gasteiger partial charge in [-0.1, -0.05) is 41.4 Å². The molecule has 1 atom stereocenters. The van der Waals surface area contributed by atoms with Gasteiger partial charge in [0.2, 0.25) is 0 Å². The minimum Gasteiger partial charge on any atom is -0.508 e. The zero-order valence-corrected chi connectivity index (χ0v) is 16.4. The van der Waals surface area contributed by atoms with Gasteiger partial charge in [0.25, 0.3) is 0 Å². The van der Waals surface area contributed by atoms with E-state index in [2.05, 4.69) is 28.6 Å². The number of fused-ring (bicyclic) bond motifs is 1. The van der Waals surface area contributed by atoms with Crippen LogP contribution >= 0.6 is 34.8 Å². The minimum absolute atomic E-state index is 0.0745. The molecule has 4 rings (SSSR count). The highest BCUT2D eigenvalue weighted by Gasteiger charge is 2.24. The van der Waals surface area contributed by atoms with Crippen LogP contribution < -0.4 is 5.32 Å². The normalized spacial score (nSPS) is 16.2. The number of nitrogens with one attached hydrogen (secondary N) is 1. The number of aryl methyl sites for hydroxylation is 1. The van der Waals surface area contributed by atoms with Crippen molar-refractivity contribution in [3.05, 3.63) is 74.4 Å². The van der Waals surface area contributed by atoms with Gasteiger partial charge in [0, 0.05) is 53.2 Å². The van der Waals surface area contributed by atoms with Gasteiger partial charge in [-0.25, -0.2) is 0 Å². The molecule has 0 amide bonds. The van der Waals surface area contributed by atoms with Crippen LogP contribution in [0.1, 0.15) is 28.4 Å². The molecule has 1 aliphatic heterocycles. The van der Waals surface area contributed by atoms with Crippen LogP contribution in [0, 0.1) is 0 Å². The molecule has 0 saturated carbocycles. The Balaban J connectivity index is 1.81. The van der Waals surface area contributed by atoms with Crippen molar-refractivity contribution in [1.82, 2.24) is 9.88 Å². The van der Waals surface area contributed by atoms with Gasteiger partial charge in [0.05, 0.1) is 10.0 Å². The third-order valence-electron chi connectivity index (χ3n) is 4.90. The molecule has 0 aliphatic carbocycles. The molecule has 0 radical (unpaired) electrons. The second-order valence-electron chi connectivity index (χ2n) is 6.60. The molecule has 1 fully saturated rings. The van der Waals surface area contributed by atoms with Crippen LogP contribution in [0.3, 0.4) is 0 Å². The molecule has 2 N–H and O–H groups in total. The van der Waals surface area contributed by atoms with Crippen molar-refractivity contribution in [3.8, 4) is 0 Å². The molecular weight excluding hydrogens is 391 g/mol. The third-order valence-corrected chi connectivity index (χ3v) is 6.00. The molecule has 6 heteroatoms. The molecular formula is C20H17Cl3N2O. The highest BCUT2D eigenvalue weighted by molar-refractivity contribution is 6.37. The highest BCUT2D eigenvalue weighted by Crippen LogP contribution is 2.36. The summed E-state index contributed by atoms with van der Waals surface area (Å²) in [7, 11) is 2.01. The van der Waals surface area contributed by atoms with Crippen LogP contribution in [-0.4, -0.2) is 16.2 Å². The zero-order chi connectivity index (χ0) is 18.6. The van der Waals surface area contributed by atoms with Gasteiger partial charge in [-0.2, -0.15) is 0 Å². The Bertz CT molecular complexity index is 1050. The third kappa shape index (κ3) is 2.99. The largest absolute Gasteiger partial charge is 0.508 e. The van der Waals surface area contributed by atoms with Gasteiger partial charge in [-0.3, -0.25) is 0 Å². The summed E-state index contributed by atoms with van der Waals surface area (Å²) < 4.78 is 2.11. The number of aromatic nitrogens is 1. The highest BCUT2D eigenvalue weighted by atomic mass is 35.5. The predicted octanol–water partition coefficient (Wildman–Crippen LogP) is 5.90. The molecule has 1 saturated heterocycles. The van der Waals surface area contributed by atoms with Crippen LogP contribution in [0.15, 0.2) is 36.9 Å². The lowest BCUT2D eigenvalue weighted by Crippen LogP contribution is -2.00. The second kappa shape index (κ2) is 6.50. The zero-order valence-electron chi connectivity index (χ0n) is 14.1. The fourth-order valence-electron chi connectivity index (χ4n) is 3.29. The summed E-state index contributed by atoms with van der Waals surface area (Å²) in [5, 5.41) is 15.8. The molecule has 0 bridgehead atoms. The van der Waals surface area contributed by atoms with E-state index in [4.69, 9.17) is 34.8 Å².